The number of nitrogens with zero attached hydrogens (tertiary/aromatic N) is 3. The summed E-state index contributed by atoms with van der Waals surface area (Å²) in [4.78, 5) is 28.9. The van der Waals surface area contributed by atoms with Gasteiger partial charge in [0, 0.05) is 36.2 Å². The third-order valence-electron chi connectivity index (χ3n) is 6.07. The molecule has 2 aromatic carbocycles. The van der Waals surface area contributed by atoms with Gasteiger partial charge in [-0.15, -0.1) is 0 Å². The fourth-order valence-electron chi connectivity index (χ4n) is 4.08. The Kier molecular flexibility index (Phi) is 9.17. The quantitative estimate of drug-likeness (QED) is 0.139. The predicted octanol–water partition coefficient (Wildman–Crippen LogP) is 5.84. The molecule has 0 spiro atoms. The first-order valence-electron chi connectivity index (χ1n) is 13.0. The Morgan fingerprint density at radius 1 is 1.03 bits per heavy atom. The van der Waals surface area contributed by atoms with Gasteiger partial charge in [-0.1, -0.05) is 30.8 Å². The van der Waals surface area contributed by atoms with Gasteiger partial charge in [-0.25, -0.2) is 9.97 Å². The monoisotopic (exact) mass is 529 g/mol. The second-order valence-electron chi connectivity index (χ2n) is 9.54. The van der Waals surface area contributed by atoms with Crippen molar-refractivity contribution < 1.29 is 19.4 Å². The number of nitrogens with one attached hydrogen (secondary N) is 2. The molecule has 3 N–H and O–H groups in total. The molecule has 0 radical (unpaired) electrons. The van der Waals surface area contributed by atoms with E-state index in [0.29, 0.717) is 25.4 Å². The normalized spacial score (nSPS) is 11.7. The molecule has 0 bridgehead atoms. The molecule has 0 fully saturated rings. The van der Waals surface area contributed by atoms with Crippen molar-refractivity contribution in [2.75, 3.05) is 33.9 Å². The van der Waals surface area contributed by atoms with Crippen molar-refractivity contribution in [3.63, 3.8) is 0 Å². The van der Waals surface area contributed by atoms with Crippen LogP contribution in [0.25, 0.3) is 46.0 Å². The molecule has 2 aromatic heterocycles. The van der Waals surface area contributed by atoms with Crippen molar-refractivity contribution in [3.05, 3.63) is 66.2 Å². The molecular formula is C30H35N5O4. The van der Waals surface area contributed by atoms with Crippen molar-refractivity contribution in [1.29, 1.82) is 0 Å². The minimum atomic E-state index is -0.824. The van der Waals surface area contributed by atoms with Crippen LogP contribution >= 0.6 is 0 Å². The molecular weight excluding hydrogens is 494 g/mol. The maximum absolute atomic E-state index is 10.7. The van der Waals surface area contributed by atoms with Crippen molar-refractivity contribution in [1.82, 2.24) is 24.8 Å². The van der Waals surface area contributed by atoms with Gasteiger partial charge in [0.2, 0.25) is 0 Å². The molecule has 4 aromatic rings. The van der Waals surface area contributed by atoms with Gasteiger partial charge in [-0.3, -0.25) is 4.79 Å². The van der Waals surface area contributed by atoms with Gasteiger partial charge in [-0.05, 0) is 52.1 Å². The minimum Gasteiger partial charge on any atom is -0.498 e. The number of rotatable bonds is 14. The van der Waals surface area contributed by atoms with E-state index in [2.05, 4.69) is 35.5 Å². The summed E-state index contributed by atoms with van der Waals surface area (Å²) in [6.07, 6.45) is 5.19. The Balaban J connectivity index is 1.44. The summed E-state index contributed by atoms with van der Waals surface area (Å²) in [5, 5.41) is 8.76. The summed E-state index contributed by atoms with van der Waals surface area (Å²) in [7, 11) is 4.10. The van der Waals surface area contributed by atoms with Gasteiger partial charge < -0.3 is 29.4 Å². The molecule has 2 heterocycles. The van der Waals surface area contributed by atoms with Crippen molar-refractivity contribution in [3.8, 4) is 28.5 Å². The van der Waals surface area contributed by atoms with Gasteiger partial charge in [0.1, 0.15) is 17.4 Å². The summed E-state index contributed by atoms with van der Waals surface area (Å²) in [5.41, 5.74) is 5.18. The van der Waals surface area contributed by atoms with Gasteiger partial charge in [0.05, 0.1) is 41.4 Å². The molecule has 0 aliphatic carbocycles. The Bertz CT molecular complexity index is 1450. The number of carboxylic acid groups (broad SMARTS) is 1. The summed E-state index contributed by atoms with van der Waals surface area (Å²) in [5.74, 6) is 2.17. The third-order valence-corrected chi connectivity index (χ3v) is 6.07. The molecule has 0 atom stereocenters. The summed E-state index contributed by atoms with van der Waals surface area (Å²) in [6.45, 7) is 7.84. The summed E-state index contributed by atoms with van der Waals surface area (Å²) in [6, 6.07) is 13.6. The maximum atomic E-state index is 10.7. The van der Waals surface area contributed by atoms with E-state index in [4.69, 9.17) is 24.5 Å². The van der Waals surface area contributed by atoms with Gasteiger partial charge in [0.25, 0.3) is 0 Å². The van der Waals surface area contributed by atoms with E-state index in [0.717, 1.165) is 63.9 Å². The second kappa shape index (κ2) is 12.9. The number of aliphatic carboxylic acids is 1. The van der Waals surface area contributed by atoms with E-state index < -0.39 is 5.97 Å². The zero-order valence-corrected chi connectivity index (χ0v) is 22.7. The predicted molar refractivity (Wildman–Crippen MR) is 154 cm³/mol. The van der Waals surface area contributed by atoms with Crippen LogP contribution in [0.5, 0.6) is 5.75 Å². The average molecular weight is 530 g/mol. The standard InChI is InChI=1S/C30H35N5O4/c1-5-24-26(18-20(2)38-17-7-15-35(3)4)33-29(31-24)21-9-11-22(12-10-21)30-32-25-14-13-23(19-27(25)34-30)39-16-6-8-28(36)37/h5,9-14,18-19H,1,6-8,15-17H2,2-4H3,(H,31,33)(H,32,34)(H,36,37)/b20-18+. The van der Waals surface area contributed by atoms with Crippen LogP contribution in [0.2, 0.25) is 0 Å². The molecule has 0 saturated carbocycles. The topological polar surface area (TPSA) is 116 Å². The number of ether oxygens (including phenoxy) is 2. The number of H-pyrrole nitrogens is 2. The smallest absolute Gasteiger partial charge is 0.303 e. The van der Waals surface area contributed by atoms with Crippen LogP contribution in [-0.2, 0) is 9.53 Å². The van der Waals surface area contributed by atoms with Crippen LogP contribution in [0.1, 0.15) is 37.6 Å². The molecule has 0 saturated heterocycles. The SMILES string of the molecule is C=Cc1nc(-c2ccc(-c3nc4ccc(OCCCC(=O)O)cc4[nH]3)cc2)[nH]c1/C=C(\C)OCCCN(C)C. The highest BCUT2D eigenvalue weighted by molar-refractivity contribution is 5.81. The molecule has 204 valence electrons. The molecule has 9 nitrogen and oxygen atoms in total. The number of fused-ring (bicyclic) bond motifs is 1. The summed E-state index contributed by atoms with van der Waals surface area (Å²) >= 11 is 0. The molecule has 39 heavy (non-hydrogen) atoms. The van der Waals surface area contributed by atoms with E-state index in [1.54, 1.807) is 6.08 Å². The maximum Gasteiger partial charge on any atom is 0.303 e. The fourth-order valence-corrected chi connectivity index (χ4v) is 4.08. The van der Waals surface area contributed by atoms with Crippen LogP contribution in [0, 0.1) is 0 Å². The number of allylic oxidation sites excluding steroid dienone is 1. The van der Waals surface area contributed by atoms with Gasteiger partial charge in [0.15, 0.2) is 0 Å². The van der Waals surface area contributed by atoms with Crippen molar-refractivity contribution in [2.45, 2.75) is 26.2 Å². The first kappa shape index (κ1) is 27.7. The highest BCUT2D eigenvalue weighted by Gasteiger charge is 2.11. The fraction of sp³-hybridized carbons (Fsp3) is 0.300. The lowest BCUT2D eigenvalue weighted by Crippen LogP contribution is -2.14. The van der Waals surface area contributed by atoms with Gasteiger partial charge >= 0.3 is 5.97 Å². The number of aromatic nitrogens is 4. The molecule has 0 amide bonds. The van der Waals surface area contributed by atoms with Gasteiger partial charge in [-0.2, -0.15) is 0 Å². The third kappa shape index (κ3) is 7.58. The summed E-state index contributed by atoms with van der Waals surface area (Å²) < 4.78 is 11.5. The average Bonchev–Trinajstić information content (AvgIpc) is 3.53. The number of hydrogen-bond acceptors (Lipinski definition) is 6. The highest BCUT2D eigenvalue weighted by atomic mass is 16.5. The van der Waals surface area contributed by atoms with Crippen LogP contribution in [0.4, 0.5) is 0 Å². The lowest BCUT2D eigenvalue weighted by Gasteiger charge is -2.10. The number of carboxylic acids is 1. The number of benzene rings is 2. The Morgan fingerprint density at radius 3 is 2.41 bits per heavy atom. The van der Waals surface area contributed by atoms with Crippen LogP contribution in [0.15, 0.2) is 54.8 Å². The minimum absolute atomic E-state index is 0.0860. The van der Waals surface area contributed by atoms with Crippen molar-refractivity contribution >= 4 is 29.2 Å². The Hall–Kier alpha value is -4.37. The molecule has 4 rings (SSSR count). The van der Waals surface area contributed by atoms with Crippen LogP contribution < -0.4 is 4.74 Å². The van der Waals surface area contributed by atoms with E-state index >= 15 is 0 Å². The van der Waals surface area contributed by atoms with Crippen LogP contribution in [-0.4, -0.2) is 69.8 Å². The highest BCUT2D eigenvalue weighted by Crippen LogP contribution is 2.27. The number of carbonyl (C=O) groups is 1. The lowest BCUT2D eigenvalue weighted by atomic mass is 10.1. The first-order chi connectivity index (χ1) is 18.8. The van der Waals surface area contributed by atoms with Crippen molar-refractivity contribution in [2.24, 2.45) is 0 Å². The van der Waals surface area contributed by atoms with E-state index in [1.807, 2.05) is 55.5 Å². The number of hydrogen-bond donors (Lipinski definition) is 3. The molecule has 0 aliphatic rings. The largest absolute Gasteiger partial charge is 0.498 e. The second-order valence-corrected chi connectivity index (χ2v) is 9.54. The van der Waals surface area contributed by atoms with Crippen LogP contribution in [0.3, 0.4) is 0 Å². The lowest BCUT2D eigenvalue weighted by molar-refractivity contribution is -0.137. The number of aromatic amines is 2. The first-order valence-corrected chi connectivity index (χ1v) is 13.0. The molecule has 9 heteroatoms. The van der Waals surface area contributed by atoms with E-state index in [9.17, 15) is 4.79 Å². The number of imidazole rings is 2. The Morgan fingerprint density at radius 2 is 1.74 bits per heavy atom. The molecule has 0 unspecified atom stereocenters. The zero-order valence-electron chi connectivity index (χ0n) is 22.7. The Labute approximate surface area is 228 Å². The molecule has 0 aliphatic heterocycles. The van der Waals surface area contributed by atoms with E-state index in [1.165, 1.54) is 0 Å². The zero-order chi connectivity index (χ0) is 27.8. The van der Waals surface area contributed by atoms with E-state index in [-0.39, 0.29) is 6.42 Å².